The summed E-state index contributed by atoms with van der Waals surface area (Å²) in [7, 11) is 0. The Balaban J connectivity index is 2.22. The summed E-state index contributed by atoms with van der Waals surface area (Å²) >= 11 is 0. The lowest BCUT2D eigenvalue weighted by Gasteiger charge is -2.23. The monoisotopic (exact) mass is 329 g/mol. The lowest BCUT2D eigenvalue weighted by molar-refractivity contribution is 0.236. The average Bonchev–Trinajstić information content (AvgIpc) is 2.58. The summed E-state index contributed by atoms with van der Waals surface area (Å²) in [5, 5.41) is 0. The number of nitrogens with zero attached hydrogens (tertiary/aromatic N) is 1. The van der Waals surface area contributed by atoms with Crippen LogP contribution >= 0.6 is 0 Å². The van der Waals surface area contributed by atoms with Crippen LogP contribution in [0.5, 0.6) is 5.75 Å². The Hall–Kier alpha value is -1.50. The van der Waals surface area contributed by atoms with E-state index in [1.165, 1.54) is 45.3 Å². The van der Waals surface area contributed by atoms with E-state index in [0.717, 1.165) is 30.3 Å². The van der Waals surface area contributed by atoms with Crippen molar-refractivity contribution < 1.29 is 4.74 Å². The molecule has 0 aliphatic heterocycles. The highest BCUT2D eigenvalue weighted by Gasteiger charge is 2.05. The lowest BCUT2D eigenvalue weighted by Crippen LogP contribution is -2.28. The average molecular weight is 330 g/mol. The summed E-state index contributed by atoms with van der Waals surface area (Å²) in [5.74, 6) is 1.73. The van der Waals surface area contributed by atoms with Gasteiger partial charge in [0, 0.05) is 0 Å². The van der Waals surface area contributed by atoms with E-state index in [1.54, 1.807) is 0 Å². The molecule has 0 aliphatic rings. The van der Waals surface area contributed by atoms with Gasteiger partial charge in [-0.15, -0.1) is 5.73 Å². The zero-order chi connectivity index (χ0) is 17.6. The predicted octanol–water partition coefficient (Wildman–Crippen LogP) is 5.79. The fourth-order valence-electron chi connectivity index (χ4n) is 2.56. The highest BCUT2D eigenvalue weighted by molar-refractivity contribution is 5.49. The van der Waals surface area contributed by atoms with Crippen LogP contribution in [0.3, 0.4) is 0 Å². The Kier molecular flexibility index (Phi) is 11.0. The van der Waals surface area contributed by atoms with E-state index in [0.29, 0.717) is 0 Å². The molecule has 1 rings (SSSR count). The van der Waals surface area contributed by atoms with Crippen LogP contribution in [0.15, 0.2) is 36.6 Å². The van der Waals surface area contributed by atoms with Crippen molar-refractivity contribution in [2.24, 2.45) is 5.92 Å². The van der Waals surface area contributed by atoms with Crippen LogP contribution in [0.4, 0.5) is 0 Å². The van der Waals surface area contributed by atoms with Crippen molar-refractivity contribution in [2.45, 2.75) is 52.9 Å². The highest BCUT2D eigenvalue weighted by atomic mass is 16.5. The van der Waals surface area contributed by atoms with E-state index in [2.05, 4.69) is 38.0 Å². The van der Waals surface area contributed by atoms with Crippen LogP contribution in [0.25, 0.3) is 6.08 Å². The number of hydrogen-bond donors (Lipinski definition) is 0. The van der Waals surface area contributed by atoms with Gasteiger partial charge in [-0.25, -0.2) is 0 Å². The van der Waals surface area contributed by atoms with Crippen LogP contribution in [-0.2, 0) is 0 Å². The standard InChI is InChI=1S/C22H35NO/c1-5-7-16-23(18-15-20(3)4)17-8-9-19-24-22-13-11-21(10-6-2)12-14-22/h10-14,20H,2,5,7-9,15-19H2,1,3-4H3. The van der Waals surface area contributed by atoms with Gasteiger partial charge >= 0.3 is 0 Å². The Bertz CT molecular complexity index is 471. The van der Waals surface area contributed by atoms with Gasteiger partial charge in [-0.05, 0) is 75.0 Å². The second kappa shape index (κ2) is 12.9. The van der Waals surface area contributed by atoms with E-state index in [1.807, 2.05) is 30.3 Å². The molecule has 0 spiro atoms. The van der Waals surface area contributed by atoms with Crippen LogP contribution < -0.4 is 4.74 Å². The molecule has 0 heterocycles. The third kappa shape index (κ3) is 9.60. The summed E-state index contributed by atoms with van der Waals surface area (Å²) in [4.78, 5) is 2.62. The van der Waals surface area contributed by atoms with E-state index < -0.39 is 0 Å². The molecule has 0 radical (unpaired) electrons. The second-order valence-corrected chi connectivity index (χ2v) is 6.85. The van der Waals surface area contributed by atoms with E-state index in [4.69, 9.17) is 4.74 Å². The van der Waals surface area contributed by atoms with Crippen LogP contribution in [-0.4, -0.2) is 31.1 Å². The number of rotatable bonds is 13. The van der Waals surface area contributed by atoms with E-state index in [-0.39, 0.29) is 0 Å². The minimum Gasteiger partial charge on any atom is -0.494 e. The van der Waals surface area contributed by atoms with Crippen molar-refractivity contribution in [1.82, 2.24) is 4.90 Å². The third-order valence-electron chi connectivity index (χ3n) is 4.14. The SMILES string of the molecule is C=C=Cc1ccc(OCCCCN(CCCC)CCC(C)C)cc1. The maximum atomic E-state index is 5.83. The van der Waals surface area contributed by atoms with Gasteiger partial charge in [0.1, 0.15) is 5.75 Å². The fourth-order valence-corrected chi connectivity index (χ4v) is 2.56. The molecule has 24 heavy (non-hydrogen) atoms. The summed E-state index contributed by atoms with van der Waals surface area (Å²) in [6.07, 6.45) is 8.06. The number of benzene rings is 1. The van der Waals surface area contributed by atoms with Crippen molar-refractivity contribution in [2.75, 3.05) is 26.2 Å². The zero-order valence-corrected chi connectivity index (χ0v) is 15.9. The summed E-state index contributed by atoms with van der Waals surface area (Å²) in [5.41, 5.74) is 3.89. The van der Waals surface area contributed by atoms with Crippen LogP contribution in [0.2, 0.25) is 0 Å². The highest BCUT2D eigenvalue weighted by Crippen LogP contribution is 2.13. The van der Waals surface area contributed by atoms with Crippen molar-refractivity contribution >= 4 is 6.08 Å². The van der Waals surface area contributed by atoms with Gasteiger partial charge in [-0.2, -0.15) is 0 Å². The third-order valence-corrected chi connectivity index (χ3v) is 4.14. The molecule has 0 bridgehead atoms. The molecule has 0 aromatic heterocycles. The zero-order valence-electron chi connectivity index (χ0n) is 15.9. The minimum absolute atomic E-state index is 0.788. The Morgan fingerprint density at radius 2 is 1.79 bits per heavy atom. The van der Waals surface area contributed by atoms with Crippen LogP contribution in [0, 0.1) is 5.92 Å². The maximum Gasteiger partial charge on any atom is 0.119 e. The predicted molar refractivity (Wildman–Crippen MR) is 106 cm³/mol. The van der Waals surface area contributed by atoms with Gasteiger partial charge < -0.3 is 9.64 Å². The molecule has 0 saturated carbocycles. The Morgan fingerprint density at radius 3 is 2.42 bits per heavy atom. The summed E-state index contributed by atoms with van der Waals surface area (Å²) in [6, 6.07) is 8.09. The van der Waals surface area contributed by atoms with Gasteiger partial charge in [-0.1, -0.05) is 45.9 Å². The molecule has 0 amide bonds. The first-order chi connectivity index (χ1) is 11.7. The van der Waals surface area contributed by atoms with Crippen molar-refractivity contribution in [3.8, 4) is 5.75 Å². The smallest absolute Gasteiger partial charge is 0.119 e. The molecule has 1 aromatic carbocycles. The first-order valence-corrected chi connectivity index (χ1v) is 9.46. The first-order valence-electron chi connectivity index (χ1n) is 9.46. The molecular formula is C22H35NO. The quantitative estimate of drug-likeness (QED) is 0.335. The molecule has 0 fully saturated rings. The van der Waals surface area contributed by atoms with E-state index in [9.17, 15) is 0 Å². The maximum absolute atomic E-state index is 5.83. The van der Waals surface area contributed by atoms with E-state index >= 15 is 0 Å². The molecular weight excluding hydrogens is 294 g/mol. The molecule has 2 nitrogen and oxygen atoms in total. The number of hydrogen-bond acceptors (Lipinski definition) is 2. The largest absolute Gasteiger partial charge is 0.494 e. The second-order valence-electron chi connectivity index (χ2n) is 6.85. The molecule has 0 saturated heterocycles. The van der Waals surface area contributed by atoms with Crippen LogP contribution in [0.1, 0.15) is 58.4 Å². The normalized spacial score (nSPS) is 10.9. The molecule has 0 unspecified atom stereocenters. The van der Waals surface area contributed by atoms with Gasteiger partial charge in [0.15, 0.2) is 0 Å². The molecule has 0 atom stereocenters. The fraction of sp³-hybridized carbons (Fsp3) is 0.591. The van der Waals surface area contributed by atoms with Gasteiger partial charge in [-0.3, -0.25) is 0 Å². The molecule has 134 valence electrons. The number of unbranched alkanes of at least 4 members (excludes halogenated alkanes) is 2. The molecule has 0 aliphatic carbocycles. The molecule has 0 N–H and O–H groups in total. The van der Waals surface area contributed by atoms with Crippen molar-refractivity contribution in [1.29, 1.82) is 0 Å². The topological polar surface area (TPSA) is 12.5 Å². The Morgan fingerprint density at radius 1 is 1.08 bits per heavy atom. The van der Waals surface area contributed by atoms with Gasteiger partial charge in [0.25, 0.3) is 0 Å². The van der Waals surface area contributed by atoms with Gasteiger partial charge in [0.2, 0.25) is 0 Å². The Labute approximate surface area is 149 Å². The minimum atomic E-state index is 0.788. The number of ether oxygens (including phenoxy) is 1. The lowest BCUT2D eigenvalue weighted by atomic mass is 10.1. The molecule has 1 aromatic rings. The van der Waals surface area contributed by atoms with Gasteiger partial charge in [0.05, 0.1) is 6.61 Å². The summed E-state index contributed by atoms with van der Waals surface area (Å²) < 4.78 is 5.83. The molecule has 2 heteroatoms. The van der Waals surface area contributed by atoms with Crippen molar-refractivity contribution in [3.63, 3.8) is 0 Å². The summed E-state index contributed by atoms with van der Waals surface area (Å²) in [6.45, 7) is 14.9. The first kappa shape index (κ1) is 20.5. The van der Waals surface area contributed by atoms with Crippen molar-refractivity contribution in [3.05, 3.63) is 42.1 Å².